The highest BCUT2D eigenvalue weighted by Crippen LogP contribution is 2.47. The van der Waals surface area contributed by atoms with Crippen LogP contribution in [-0.2, 0) is 0 Å². The van der Waals surface area contributed by atoms with Gasteiger partial charge in [-0.25, -0.2) is 4.39 Å². The Kier molecular flexibility index (Phi) is 4.04. The van der Waals surface area contributed by atoms with Gasteiger partial charge < -0.3 is 10.4 Å². The molecule has 130 valence electrons. The SMILES string of the molecule is Cc1cccc(F)c1C([O-])=NC(c1cccnc1)C12CCC(CC1)N2. The maximum atomic E-state index is 14.2. The molecule has 0 amide bonds. The van der Waals surface area contributed by atoms with Crippen LogP contribution in [0.1, 0.15) is 48.4 Å². The predicted molar refractivity (Wildman–Crippen MR) is 92.8 cm³/mol. The summed E-state index contributed by atoms with van der Waals surface area (Å²) in [5.74, 6) is -1.00. The number of halogens is 1. The van der Waals surface area contributed by atoms with E-state index in [0.717, 1.165) is 31.2 Å². The van der Waals surface area contributed by atoms with E-state index in [9.17, 15) is 9.50 Å². The number of rotatable bonds is 4. The lowest BCUT2D eigenvalue weighted by molar-refractivity contribution is -0.214. The number of aromatic nitrogens is 1. The van der Waals surface area contributed by atoms with E-state index in [1.165, 1.54) is 6.07 Å². The van der Waals surface area contributed by atoms with E-state index >= 15 is 0 Å². The third-order valence-electron chi connectivity index (χ3n) is 5.58. The normalized spacial score (nSPS) is 26.8. The molecular formula is C20H21FN3O-. The number of benzene rings is 1. The Morgan fingerprint density at radius 3 is 2.72 bits per heavy atom. The molecule has 2 aromatic rings. The molecule has 2 bridgehead atoms. The summed E-state index contributed by atoms with van der Waals surface area (Å²) in [7, 11) is 0. The Balaban J connectivity index is 1.79. The van der Waals surface area contributed by atoms with Crippen LogP contribution in [0.2, 0.25) is 0 Å². The molecule has 0 aliphatic carbocycles. The predicted octanol–water partition coefficient (Wildman–Crippen LogP) is 2.66. The fourth-order valence-corrected chi connectivity index (χ4v) is 4.32. The molecule has 25 heavy (non-hydrogen) atoms. The van der Waals surface area contributed by atoms with Gasteiger partial charge in [0.1, 0.15) is 5.82 Å². The second kappa shape index (κ2) is 6.23. The Morgan fingerprint density at radius 2 is 2.12 bits per heavy atom. The minimum Gasteiger partial charge on any atom is -0.858 e. The van der Waals surface area contributed by atoms with Crippen molar-refractivity contribution in [2.24, 2.45) is 4.99 Å². The van der Waals surface area contributed by atoms with E-state index in [2.05, 4.69) is 15.3 Å². The zero-order valence-corrected chi connectivity index (χ0v) is 14.2. The first kappa shape index (κ1) is 16.2. The monoisotopic (exact) mass is 338 g/mol. The molecule has 2 saturated heterocycles. The van der Waals surface area contributed by atoms with Gasteiger partial charge in [-0.3, -0.25) is 9.98 Å². The van der Waals surface area contributed by atoms with Gasteiger partial charge in [-0.2, -0.15) is 0 Å². The summed E-state index contributed by atoms with van der Waals surface area (Å²) in [4.78, 5) is 8.71. The number of nitrogens with one attached hydrogen (secondary N) is 1. The Morgan fingerprint density at radius 1 is 1.32 bits per heavy atom. The molecule has 0 radical (unpaired) electrons. The minimum absolute atomic E-state index is 0.0698. The van der Waals surface area contributed by atoms with Crippen LogP contribution in [-0.4, -0.2) is 22.5 Å². The lowest BCUT2D eigenvalue weighted by atomic mass is 9.79. The van der Waals surface area contributed by atoms with Crippen molar-refractivity contribution in [1.29, 1.82) is 0 Å². The van der Waals surface area contributed by atoms with Crippen molar-refractivity contribution in [3.8, 4) is 0 Å². The van der Waals surface area contributed by atoms with Gasteiger partial charge in [0, 0.05) is 29.5 Å². The fraction of sp³-hybridized carbons (Fsp3) is 0.400. The van der Waals surface area contributed by atoms with Crippen molar-refractivity contribution in [1.82, 2.24) is 10.3 Å². The lowest BCUT2D eigenvalue weighted by Crippen LogP contribution is -2.43. The van der Waals surface area contributed by atoms with Crippen LogP contribution in [0, 0.1) is 12.7 Å². The van der Waals surface area contributed by atoms with Crippen LogP contribution in [0.5, 0.6) is 0 Å². The van der Waals surface area contributed by atoms with Gasteiger partial charge in [-0.15, -0.1) is 0 Å². The smallest absolute Gasteiger partial charge is 0.131 e. The molecule has 2 fully saturated rings. The number of aliphatic imine (C=N–C) groups is 1. The van der Waals surface area contributed by atoms with Crippen LogP contribution in [0.25, 0.3) is 0 Å². The Labute approximate surface area is 146 Å². The van der Waals surface area contributed by atoms with E-state index in [4.69, 9.17) is 0 Å². The first-order valence-corrected chi connectivity index (χ1v) is 8.77. The van der Waals surface area contributed by atoms with Crippen LogP contribution >= 0.6 is 0 Å². The molecule has 2 aliphatic rings. The molecule has 2 aliphatic heterocycles. The summed E-state index contributed by atoms with van der Waals surface area (Å²) in [5, 5.41) is 16.5. The molecule has 1 atom stereocenters. The van der Waals surface area contributed by atoms with Crippen LogP contribution < -0.4 is 10.4 Å². The van der Waals surface area contributed by atoms with E-state index in [1.54, 1.807) is 31.5 Å². The summed E-state index contributed by atoms with van der Waals surface area (Å²) in [6.45, 7) is 1.74. The topological polar surface area (TPSA) is 60.3 Å². The standard InChI is InChI=1S/C20H22FN3O/c1-13-4-2-6-16(21)17(13)19(25)23-18(14-5-3-11-22-12-14)20-9-7-15(24-20)8-10-20/h2-6,11-12,15,18,24H,7-10H2,1H3,(H,23,25)/p-1. The molecule has 1 aromatic carbocycles. The van der Waals surface area contributed by atoms with Gasteiger partial charge in [-0.05, 0) is 61.8 Å². The van der Waals surface area contributed by atoms with Gasteiger partial charge >= 0.3 is 0 Å². The van der Waals surface area contributed by atoms with Gasteiger partial charge in [0.25, 0.3) is 0 Å². The second-order valence-electron chi connectivity index (χ2n) is 7.13. The molecule has 3 heterocycles. The van der Waals surface area contributed by atoms with Crippen LogP contribution in [0.15, 0.2) is 47.7 Å². The minimum atomic E-state index is -0.514. The van der Waals surface area contributed by atoms with E-state index in [1.807, 2.05) is 12.1 Å². The number of hydrogen-bond acceptors (Lipinski definition) is 4. The number of hydrogen-bond donors (Lipinski definition) is 1. The Hall–Kier alpha value is -2.27. The van der Waals surface area contributed by atoms with Crippen molar-refractivity contribution in [2.75, 3.05) is 0 Å². The maximum absolute atomic E-state index is 14.2. The van der Waals surface area contributed by atoms with E-state index in [0.29, 0.717) is 11.6 Å². The quantitative estimate of drug-likeness (QED) is 0.689. The first-order chi connectivity index (χ1) is 12.1. The van der Waals surface area contributed by atoms with Crippen molar-refractivity contribution in [2.45, 2.75) is 50.2 Å². The molecular weight excluding hydrogens is 317 g/mol. The summed E-state index contributed by atoms with van der Waals surface area (Å²) in [6, 6.07) is 8.62. The average molecular weight is 338 g/mol. The van der Waals surface area contributed by atoms with Crippen molar-refractivity contribution < 1.29 is 9.50 Å². The molecule has 0 spiro atoms. The van der Waals surface area contributed by atoms with Gasteiger partial charge in [0.2, 0.25) is 0 Å². The molecule has 1 aromatic heterocycles. The third-order valence-corrected chi connectivity index (χ3v) is 5.58. The van der Waals surface area contributed by atoms with Crippen molar-refractivity contribution >= 4 is 5.90 Å². The summed E-state index contributed by atoms with van der Waals surface area (Å²) < 4.78 is 14.2. The summed E-state index contributed by atoms with van der Waals surface area (Å²) >= 11 is 0. The zero-order chi connectivity index (χ0) is 17.4. The van der Waals surface area contributed by atoms with Gasteiger partial charge in [-0.1, -0.05) is 18.2 Å². The summed E-state index contributed by atoms with van der Waals surface area (Å²) in [5.41, 5.74) is 1.36. The molecule has 4 nitrogen and oxygen atoms in total. The van der Waals surface area contributed by atoms with E-state index in [-0.39, 0.29) is 17.1 Å². The lowest BCUT2D eigenvalue weighted by Gasteiger charge is -2.35. The highest BCUT2D eigenvalue weighted by molar-refractivity contribution is 5.92. The number of pyridine rings is 1. The maximum Gasteiger partial charge on any atom is 0.131 e. The van der Waals surface area contributed by atoms with Crippen molar-refractivity contribution in [3.05, 3.63) is 65.2 Å². The fourth-order valence-electron chi connectivity index (χ4n) is 4.32. The number of aryl methyl sites for hydroxylation is 1. The molecule has 1 unspecified atom stereocenters. The average Bonchev–Trinajstić information content (AvgIpc) is 3.22. The van der Waals surface area contributed by atoms with E-state index < -0.39 is 11.7 Å². The van der Waals surface area contributed by atoms with Gasteiger partial charge in [0.15, 0.2) is 0 Å². The molecule has 4 rings (SSSR count). The van der Waals surface area contributed by atoms with Crippen LogP contribution in [0.4, 0.5) is 4.39 Å². The zero-order valence-electron chi connectivity index (χ0n) is 14.2. The Bertz CT molecular complexity index is 778. The highest BCUT2D eigenvalue weighted by Gasteiger charge is 2.50. The number of nitrogens with zero attached hydrogens (tertiary/aromatic N) is 2. The van der Waals surface area contributed by atoms with Gasteiger partial charge in [0.05, 0.1) is 6.04 Å². The molecule has 1 N–H and O–H groups in total. The first-order valence-electron chi connectivity index (χ1n) is 8.77. The molecule has 0 saturated carbocycles. The largest absolute Gasteiger partial charge is 0.858 e. The third kappa shape index (κ3) is 2.82. The second-order valence-corrected chi connectivity index (χ2v) is 7.13. The van der Waals surface area contributed by atoms with Crippen LogP contribution in [0.3, 0.4) is 0 Å². The molecule has 5 heteroatoms. The summed E-state index contributed by atoms with van der Waals surface area (Å²) in [6.07, 6.45) is 7.62. The number of fused-ring (bicyclic) bond motifs is 2. The highest BCUT2D eigenvalue weighted by atomic mass is 19.1. The van der Waals surface area contributed by atoms with Crippen molar-refractivity contribution in [3.63, 3.8) is 0 Å².